The van der Waals surface area contributed by atoms with Gasteiger partial charge in [0.05, 0.1) is 0 Å². The molecule has 2 heterocycles. The molecule has 3 N–H and O–H groups in total. The maximum atomic E-state index is 5.96. The summed E-state index contributed by atoms with van der Waals surface area (Å²) in [6, 6.07) is 6.35. The largest absolute Gasteiger partial charge is 0.399 e. The number of hydrogen-bond acceptors (Lipinski definition) is 5. The molecule has 0 amide bonds. The molecule has 0 aromatic heterocycles. The van der Waals surface area contributed by atoms with Crippen molar-refractivity contribution in [1.29, 1.82) is 0 Å². The van der Waals surface area contributed by atoms with Crippen molar-refractivity contribution in [2.75, 3.05) is 76.6 Å². The first-order valence-electron chi connectivity index (χ1n) is 8.97. The lowest BCUT2D eigenvalue weighted by molar-refractivity contribution is 0.155. The van der Waals surface area contributed by atoms with E-state index in [1.807, 2.05) is 6.07 Å². The minimum Gasteiger partial charge on any atom is -0.399 e. The minimum absolute atomic E-state index is 0.874. The van der Waals surface area contributed by atoms with Crippen molar-refractivity contribution >= 4 is 11.4 Å². The predicted molar refractivity (Wildman–Crippen MR) is 98.2 cm³/mol. The van der Waals surface area contributed by atoms with Crippen molar-refractivity contribution in [3.8, 4) is 0 Å². The summed E-state index contributed by atoms with van der Waals surface area (Å²) in [6.45, 7) is 10.3. The van der Waals surface area contributed by atoms with Crippen molar-refractivity contribution in [1.82, 2.24) is 15.1 Å². The molecule has 0 atom stereocenters. The Balaban J connectivity index is 1.38. The fraction of sp³-hybridized carbons (Fsp3) is 0.667. The van der Waals surface area contributed by atoms with Crippen LogP contribution in [0.25, 0.3) is 0 Å². The Morgan fingerprint density at radius 2 is 1.83 bits per heavy atom. The summed E-state index contributed by atoms with van der Waals surface area (Å²) in [5.74, 6) is 0. The SMILES string of the molecule is CN1CCN(CCNCCN2CCCc3ccc(N)cc32)CC1. The lowest BCUT2D eigenvalue weighted by Gasteiger charge is -2.33. The lowest BCUT2D eigenvalue weighted by Crippen LogP contribution is -2.47. The molecular weight excluding hydrogens is 286 g/mol. The highest BCUT2D eigenvalue weighted by molar-refractivity contribution is 5.62. The summed E-state index contributed by atoms with van der Waals surface area (Å²) >= 11 is 0. The Morgan fingerprint density at radius 3 is 2.65 bits per heavy atom. The number of hydrogen-bond donors (Lipinski definition) is 2. The van der Waals surface area contributed by atoms with Crippen molar-refractivity contribution in [2.45, 2.75) is 12.8 Å². The van der Waals surface area contributed by atoms with Crippen molar-refractivity contribution in [3.63, 3.8) is 0 Å². The van der Waals surface area contributed by atoms with Gasteiger partial charge in [-0.15, -0.1) is 0 Å². The number of likely N-dealkylation sites (N-methyl/N-ethyl adjacent to an activating group) is 1. The number of aryl methyl sites for hydroxylation is 1. The predicted octanol–water partition coefficient (Wildman–Crippen LogP) is 0.858. The van der Waals surface area contributed by atoms with E-state index < -0.39 is 0 Å². The van der Waals surface area contributed by atoms with E-state index in [1.165, 1.54) is 50.3 Å². The van der Waals surface area contributed by atoms with Crippen LogP contribution < -0.4 is 16.0 Å². The number of piperazine rings is 1. The van der Waals surface area contributed by atoms with E-state index in [0.717, 1.165) is 38.4 Å². The standard InChI is InChI=1S/C18H31N5/c1-21-11-13-22(14-12-21)9-6-20-7-10-23-8-2-3-16-4-5-17(19)15-18(16)23/h4-5,15,20H,2-3,6-14,19H2,1H3. The third-order valence-electron chi connectivity index (χ3n) is 5.08. The Labute approximate surface area is 140 Å². The fourth-order valence-electron chi connectivity index (χ4n) is 3.55. The number of nitrogens with two attached hydrogens (primary N) is 1. The molecule has 0 spiro atoms. The molecule has 0 radical (unpaired) electrons. The molecule has 1 fully saturated rings. The van der Waals surface area contributed by atoms with Crippen molar-refractivity contribution in [3.05, 3.63) is 23.8 Å². The zero-order valence-electron chi connectivity index (χ0n) is 14.4. The third kappa shape index (κ3) is 4.59. The van der Waals surface area contributed by atoms with Gasteiger partial charge in [0, 0.05) is 70.3 Å². The Hall–Kier alpha value is -1.30. The summed E-state index contributed by atoms with van der Waals surface area (Å²) < 4.78 is 0. The summed E-state index contributed by atoms with van der Waals surface area (Å²) in [4.78, 5) is 7.45. The van der Waals surface area contributed by atoms with Gasteiger partial charge < -0.3 is 20.9 Å². The molecule has 0 saturated carbocycles. The number of rotatable bonds is 6. The van der Waals surface area contributed by atoms with Crippen LogP contribution in [0.15, 0.2) is 18.2 Å². The van der Waals surface area contributed by atoms with Crippen LogP contribution in [0.4, 0.5) is 11.4 Å². The minimum atomic E-state index is 0.874. The van der Waals surface area contributed by atoms with Crippen LogP contribution >= 0.6 is 0 Å². The van der Waals surface area contributed by atoms with Gasteiger partial charge in [-0.3, -0.25) is 4.90 Å². The van der Waals surface area contributed by atoms with E-state index in [0.29, 0.717) is 0 Å². The van der Waals surface area contributed by atoms with Crippen LogP contribution in [0, 0.1) is 0 Å². The van der Waals surface area contributed by atoms with Crippen LogP contribution in [0.3, 0.4) is 0 Å². The van der Waals surface area contributed by atoms with Crippen molar-refractivity contribution in [2.24, 2.45) is 0 Å². The van der Waals surface area contributed by atoms with Crippen LogP contribution in [0.2, 0.25) is 0 Å². The smallest absolute Gasteiger partial charge is 0.0419 e. The monoisotopic (exact) mass is 317 g/mol. The molecule has 5 heteroatoms. The molecule has 0 aliphatic carbocycles. The van der Waals surface area contributed by atoms with Gasteiger partial charge in [0.25, 0.3) is 0 Å². The summed E-state index contributed by atoms with van der Waals surface area (Å²) in [5.41, 5.74) is 9.63. The molecule has 23 heavy (non-hydrogen) atoms. The Kier molecular flexibility index (Phi) is 5.75. The van der Waals surface area contributed by atoms with Gasteiger partial charge in [0.15, 0.2) is 0 Å². The van der Waals surface area contributed by atoms with Crippen molar-refractivity contribution < 1.29 is 0 Å². The average Bonchev–Trinajstić information content (AvgIpc) is 2.56. The number of nitrogens with one attached hydrogen (secondary N) is 1. The molecule has 3 rings (SSSR count). The van der Waals surface area contributed by atoms with E-state index in [4.69, 9.17) is 5.73 Å². The average molecular weight is 317 g/mol. The fourth-order valence-corrected chi connectivity index (χ4v) is 3.55. The summed E-state index contributed by atoms with van der Waals surface area (Å²) in [5, 5.41) is 3.61. The quantitative estimate of drug-likeness (QED) is 0.602. The molecule has 0 bridgehead atoms. The highest BCUT2D eigenvalue weighted by atomic mass is 15.2. The van der Waals surface area contributed by atoms with E-state index in [2.05, 4.69) is 39.2 Å². The molecule has 1 saturated heterocycles. The van der Waals surface area contributed by atoms with Gasteiger partial charge in [-0.25, -0.2) is 0 Å². The Morgan fingerprint density at radius 1 is 1.04 bits per heavy atom. The number of nitrogen functional groups attached to an aromatic ring is 1. The normalized spacial score (nSPS) is 19.8. The first-order valence-corrected chi connectivity index (χ1v) is 8.97. The number of nitrogens with zero attached hydrogens (tertiary/aromatic N) is 3. The highest BCUT2D eigenvalue weighted by Crippen LogP contribution is 2.28. The van der Waals surface area contributed by atoms with Crippen LogP contribution in [0.1, 0.15) is 12.0 Å². The number of anilines is 2. The molecule has 5 nitrogen and oxygen atoms in total. The Bertz CT molecular complexity index is 496. The molecule has 2 aliphatic rings. The molecule has 1 aromatic carbocycles. The van der Waals surface area contributed by atoms with Gasteiger partial charge >= 0.3 is 0 Å². The van der Waals surface area contributed by atoms with E-state index in [9.17, 15) is 0 Å². The number of fused-ring (bicyclic) bond motifs is 1. The van der Waals surface area contributed by atoms with E-state index in [-0.39, 0.29) is 0 Å². The second-order valence-corrected chi connectivity index (χ2v) is 6.87. The highest BCUT2D eigenvalue weighted by Gasteiger charge is 2.16. The summed E-state index contributed by atoms with van der Waals surface area (Å²) in [7, 11) is 2.21. The maximum Gasteiger partial charge on any atom is 0.0419 e. The van der Waals surface area contributed by atoms with Crippen LogP contribution in [0.5, 0.6) is 0 Å². The molecule has 1 aromatic rings. The van der Waals surface area contributed by atoms with E-state index >= 15 is 0 Å². The van der Waals surface area contributed by atoms with Crippen LogP contribution in [-0.4, -0.2) is 75.8 Å². The summed E-state index contributed by atoms with van der Waals surface area (Å²) in [6.07, 6.45) is 2.43. The van der Waals surface area contributed by atoms with Gasteiger partial charge in [-0.05, 0) is 37.6 Å². The molecule has 128 valence electrons. The molecule has 2 aliphatic heterocycles. The topological polar surface area (TPSA) is 47.8 Å². The number of benzene rings is 1. The van der Waals surface area contributed by atoms with Crippen LogP contribution in [-0.2, 0) is 6.42 Å². The van der Waals surface area contributed by atoms with Gasteiger partial charge in [0.1, 0.15) is 0 Å². The second kappa shape index (κ2) is 7.99. The van der Waals surface area contributed by atoms with E-state index in [1.54, 1.807) is 0 Å². The van der Waals surface area contributed by atoms with Gasteiger partial charge in [-0.2, -0.15) is 0 Å². The molecule has 0 unspecified atom stereocenters. The third-order valence-corrected chi connectivity index (χ3v) is 5.08. The molecular formula is C18H31N5. The lowest BCUT2D eigenvalue weighted by atomic mass is 10.0. The second-order valence-electron chi connectivity index (χ2n) is 6.87. The van der Waals surface area contributed by atoms with Gasteiger partial charge in [-0.1, -0.05) is 6.07 Å². The zero-order chi connectivity index (χ0) is 16.1. The first-order chi connectivity index (χ1) is 11.2. The van der Waals surface area contributed by atoms with Gasteiger partial charge in [0.2, 0.25) is 0 Å². The zero-order valence-corrected chi connectivity index (χ0v) is 14.4. The first kappa shape index (κ1) is 16.6. The maximum absolute atomic E-state index is 5.96.